The van der Waals surface area contributed by atoms with Gasteiger partial charge in [0, 0.05) is 11.0 Å². The highest BCUT2D eigenvalue weighted by Crippen LogP contribution is 2.14. The van der Waals surface area contributed by atoms with Crippen LogP contribution in [0.2, 0.25) is 0 Å². The number of benzene rings is 1. The first-order valence-electron chi connectivity index (χ1n) is 4.92. The normalized spacial score (nSPS) is 12.1. The summed E-state index contributed by atoms with van der Waals surface area (Å²) in [6.07, 6.45) is 4.52. The number of nitrogens with one attached hydrogen (secondary N) is 1. The molecule has 16 heavy (non-hydrogen) atoms. The van der Waals surface area contributed by atoms with Crippen molar-refractivity contribution in [2.45, 2.75) is 18.2 Å². The highest BCUT2D eigenvalue weighted by molar-refractivity contribution is 9.10. The lowest BCUT2D eigenvalue weighted by Gasteiger charge is -2.05. The van der Waals surface area contributed by atoms with Crippen LogP contribution in [0.3, 0.4) is 0 Å². The van der Waals surface area contributed by atoms with E-state index in [2.05, 4.69) is 20.7 Å². The largest absolute Gasteiger partial charge is 0.240 e. The van der Waals surface area contributed by atoms with E-state index in [9.17, 15) is 8.42 Å². The van der Waals surface area contributed by atoms with Crippen LogP contribution in [0.4, 0.5) is 0 Å². The standard InChI is InChI=1S/C11H14BrNO2S/c1-2-3-4-9-13-16(14,15)11-7-5-10(12)6-8-11/h2-3,5-8,13H,4,9H2,1H3/b3-2+. The third-order valence-electron chi connectivity index (χ3n) is 1.96. The molecule has 0 heterocycles. The second kappa shape index (κ2) is 6.18. The van der Waals surface area contributed by atoms with Gasteiger partial charge in [-0.05, 0) is 37.6 Å². The highest BCUT2D eigenvalue weighted by Gasteiger charge is 2.11. The Kier molecular flexibility index (Phi) is 5.18. The Labute approximate surface area is 105 Å². The van der Waals surface area contributed by atoms with E-state index in [1.165, 1.54) is 0 Å². The van der Waals surface area contributed by atoms with Crippen LogP contribution in [0.25, 0.3) is 0 Å². The number of hydrogen-bond donors (Lipinski definition) is 1. The smallest absolute Gasteiger partial charge is 0.211 e. The number of halogens is 1. The summed E-state index contributed by atoms with van der Waals surface area (Å²) in [4.78, 5) is 0.288. The fourth-order valence-electron chi connectivity index (χ4n) is 1.14. The van der Waals surface area contributed by atoms with Gasteiger partial charge in [0.1, 0.15) is 0 Å². The third-order valence-corrected chi connectivity index (χ3v) is 3.97. The Bertz CT molecular complexity index is 451. The maximum atomic E-state index is 11.8. The van der Waals surface area contributed by atoms with Crippen molar-refractivity contribution in [2.75, 3.05) is 6.54 Å². The monoisotopic (exact) mass is 303 g/mol. The minimum atomic E-state index is -3.36. The van der Waals surface area contributed by atoms with Gasteiger partial charge in [0.2, 0.25) is 10.0 Å². The zero-order chi connectivity index (χ0) is 12.0. The maximum Gasteiger partial charge on any atom is 0.240 e. The van der Waals surface area contributed by atoms with Crippen LogP contribution in [0.15, 0.2) is 45.8 Å². The lowest BCUT2D eigenvalue weighted by atomic mass is 10.4. The van der Waals surface area contributed by atoms with Gasteiger partial charge in [-0.25, -0.2) is 13.1 Å². The van der Waals surface area contributed by atoms with Gasteiger partial charge >= 0.3 is 0 Å². The third kappa shape index (κ3) is 4.08. The molecule has 0 aliphatic carbocycles. The van der Waals surface area contributed by atoms with Crippen molar-refractivity contribution in [1.82, 2.24) is 4.72 Å². The number of sulfonamides is 1. The zero-order valence-corrected chi connectivity index (χ0v) is 11.4. The first-order valence-corrected chi connectivity index (χ1v) is 7.20. The average Bonchev–Trinajstić information content (AvgIpc) is 2.25. The number of allylic oxidation sites excluding steroid dienone is 1. The predicted molar refractivity (Wildman–Crippen MR) is 68.8 cm³/mol. The molecule has 0 radical (unpaired) electrons. The van der Waals surface area contributed by atoms with Crippen LogP contribution in [-0.2, 0) is 10.0 Å². The molecule has 5 heteroatoms. The molecule has 1 aromatic rings. The van der Waals surface area contributed by atoms with Gasteiger partial charge < -0.3 is 0 Å². The first-order chi connectivity index (χ1) is 7.56. The molecule has 0 spiro atoms. The van der Waals surface area contributed by atoms with Gasteiger partial charge in [0.05, 0.1) is 4.90 Å². The van der Waals surface area contributed by atoms with E-state index in [0.717, 1.165) is 4.47 Å². The van der Waals surface area contributed by atoms with Crippen molar-refractivity contribution in [3.05, 3.63) is 40.9 Å². The summed E-state index contributed by atoms with van der Waals surface area (Å²) in [6, 6.07) is 6.56. The number of hydrogen-bond acceptors (Lipinski definition) is 2. The Morgan fingerprint density at radius 3 is 2.50 bits per heavy atom. The van der Waals surface area contributed by atoms with E-state index in [4.69, 9.17) is 0 Å². The molecular weight excluding hydrogens is 290 g/mol. The van der Waals surface area contributed by atoms with Crippen LogP contribution in [0, 0.1) is 0 Å². The molecule has 0 fully saturated rings. The fourth-order valence-corrected chi connectivity index (χ4v) is 2.45. The van der Waals surface area contributed by atoms with Crippen molar-refractivity contribution < 1.29 is 8.42 Å². The van der Waals surface area contributed by atoms with E-state index in [1.54, 1.807) is 24.3 Å². The van der Waals surface area contributed by atoms with Crippen molar-refractivity contribution in [2.24, 2.45) is 0 Å². The van der Waals surface area contributed by atoms with Gasteiger partial charge in [0.15, 0.2) is 0 Å². The van der Waals surface area contributed by atoms with Crippen LogP contribution >= 0.6 is 15.9 Å². The molecule has 1 aromatic carbocycles. The van der Waals surface area contributed by atoms with Crippen LogP contribution in [0.5, 0.6) is 0 Å². The maximum absolute atomic E-state index is 11.8. The summed E-state index contributed by atoms with van der Waals surface area (Å²) in [5.41, 5.74) is 0. The topological polar surface area (TPSA) is 46.2 Å². The second-order valence-electron chi connectivity index (χ2n) is 3.21. The summed E-state index contributed by atoms with van der Waals surface area (Å²) in [6.45, 7) is 2.33. The van der Waals surface area contributed by atoms with Gasteiger partial charge in [-0.3, -0.25) is 0 Å². The minimum absolute atomic E-state index is 0.288. The molecule has 0 aliphatic heterocycles. The molecule has 0 saturated heterocycles. The van der Waals surface area contributed by atoms with Crippen molar-refractivity contribution in [3.8, 4) is 0 Å². The molecule has 0 aromatic heterocycles. The van der Waals surface area contributed by atoms with Crippen molar-refractivity contribution >= 4 is 26.0 Å². The van der Waals surface area contributed by atoms with Crippen LogP contribution < -0.4 is 4.72 Å². The predicted octanol–water partition coefficient (Wildman–Crippen LogP) is 2.69. The summed E-state index contributed by atoms with van der Waals surface area (Å²) >= 11 is 3.26. The fraction of sp³-hybridized carbons (Fsp3) is 0.273. The van der Waals surface area contributed by atoms with E-state index in [0.29, 0.717) is 13.0 Å². The molecule has 0 aliphatic rings. The van der Waals surface area contributed by atoms with E-state index < -0.39 is 10.0 Å². The summed E-state index contributed by atoms with van der Waals surface area (Å²) in [5, 5.41) is 0. The molecule has 0 saturated carbocycles. The van der Waals surface area contributed by atoms with Gasteiger partial charge in [0.25, 0.3) is 0 Å². The van der Waals surface area contributed by atoms with E-state index in [-0.39, 0.29) is 4.90 Å². The van der Waals surface area contributed by atoms with E-state index in [1.807, 2.05) is 19.1 Å². The molecule has 88 valence electrons. The summed E-state index contributed by atoms with van der Waals surface area (Å²) in [7, 11) is -3.36. The van der Waals surface area contributed by atoms with Crippen molar-refractivity contribution in [3.63, 3.8) is 0 Å². The first kappa shape index (κ1) is 13.4. The Morgan fingerprint density at radius 1 is 1.31 bits per heavy atom. The quantitative estimate of drug-likeness (QED) is 0.671. The summed E-state index contributed by atoms with van der Waals surface area (Å²) in [5.74, 6) is 0. The molecule has 0 amide bonds. The molecular formula is C11H14BrNO2S. The zero-order valence-electron chi connectivity index (χ0n) is 8.98. The lowest BCUT2D eigenvalue weighted by molar-refractivity contribution is 0.582. The molecule has 1 rings (SSSR count). The molecule has 1 N–H and O–H groups in total. The summed E-state index contributed by atoms with van der Waals surface area (Å²) < 4.78 is 26.9. The Balaban J connectivity index is 2.67. The Morgan fingerprint density at radius 2 is 1.94 bits per heavy atom. The van der Waals surface area contributed by atoms with Gasteiger partial charge in [-0.1, -0.05) is 28.1 Å². The minimum Gasteiger partial charge on any atom is -0.211 e. The molecule has 3 nitrogen and oxygen atoms in total. The van der Waals surface area contributed by atoms with Crippen molar-refractivity contribution in [1.29, 1.82) is 0 Å². The average molecular weight is 304 g/mol. The Hall–Kier alpha value is -0.650. The second-order valence-corrected chi connectivity index (χ2v) is 5.89. The molecule has 0 bridgehead atoms. The van der Waals surface area contributed by atoms with Crippen LogP contribution in [0.1, 0.15) is 13.3 Å². The lowest BCUT2D eigenvalue weighted by Crippen LogP contribution is -2.24. The SMILES string of the molecule is C/C=C/CCNS(=O)(=O)c1ccc(Br)cc1. The highest BCUT2D eigenvalue weighted by atomic mass is 79.9. The molecule has 0 unspecified atom stereocenters. The van der Waals surface area contributed by atoms with Crippen LogP contribution in [-0.4, -0.2) is 15.0 Å². The van der Waals surface area contributed by atoms with Gasteiger partial charge in [-0.2, -0.15) is 0 Å². The molecule has 0 atom stereocenters. The number of rotatable bonds is 5. The van der Waals surface area contributed by atoms with E-state index >= 15 is 0 Å². The van der Waals surface area contributed by atoms with Gasteiger partial charge in [-0.15, -0.1) is 0 Å².